The molecule has 1 saturated heterocycles. The summed E-state index contributed by atoms with van der Waals surface area (Å²) in [6.07, 6.45) is 0. The lowest BCUT2D eigenvalue weighted by Gasteiger charge is -2.27. The number of nitrogens with one attached hydrogen (secondary N) is 1. The number of aromatic nitrogens is 2. The minimum atomic E-state index is -0.425. The van der Waals surface area contributed by atoms with E-state index in [1.807, 2.05) is 19.9 Å². The first-order chi connectivity index (χ1) is 12.5. The number of hydrazone groups is 1. The minimum absolute atomic E-state index is 0.0519. The Kier molecular flexibility index (Phi) is 5.37. The van der Waals surface area contributed by atoms with Gasteiger partial charge in [0, 0.05) is 37.0 Å². The molecule has 2 aromatic rings. The van der Waals surface area contributed by atoms with E-state index in [4.69, 9.17) is 4.74 Å². The van der Waals surface area contributed by atoms with E-state index in [2.05, 4.69) is 25.4 Å². The van der Waals surface area contributed by atoms with Crippen molar-refractivity contribution in [3.8, 4) is 0 Å². The fraction of sp³-hybridized carbons (Fsp3) is 0.353. The molecule has 1 aromatic heterocycles. The molecule has 9 heteroatoms. The highest BCUT2D eigenvalue weighted by Crippen LogP contribution is 2.16. The van der Waals surface area contributed by atoms with Crippen molar-refractivity contribution in [1.29, 1.82) is 0 Å². The molecule has 136 valence electrons. The summed E-state index contributed by atoms with van der Waals surface area (Å²) in [5.41, 5.74) is 5.33. The molecule has 26 heavy (non-hydrogen) atoms. The standard InChI is InChI=1S/C17H20N6O3/c1-12-11-16(19-17(18-12)22-7-9-26-10-8-22)21-20-13(2)14-3-5-15(6-4-14)23(24)25/h3-6,11H,7-10H2,1-2H3,(H,18,19,21)/b20-13-. The molecule has 1 aromatic carbocycles. The average Bonchev–Trinajstić information content (AvgIpc) is 2.66. The number of benzene rings is 1. The van der Waals surface area contributed by atoms with Gasteiger partial charge >= 0.3 is 0 Å². The van der Waals surface area contributed by atoms with Gasteiger partial charge in [-0.2, -0.15) is 10.1 Å². The molecule has 1 N–H and O–H groups in total. The van der Waals surface area contributed by atoms with E-state index in [-0.39, 0.29) is 5.69 Å². The first-order valence-corrected chi connectivity index (χ1v) is 8.26. The van der Waals surface area contributed by atoms with Gasteiger partial charge in [-0.05, 0) is 31.5 Å². The van der Waals surface area contributed by atoms with Crippen LogP contribution in [0.15, 0.2) is 35.4 Å². The van der Waals surface area contributed by atoms with Crippen LogP contribution in [-0.4, -0.2) is 46.9 Å². The van der Waals surface area contributed by atoms with Crippen LogP contribution < -0.4 is 10.3 Å². The van der Waals surface area contributed by atoms with Crippen LogP contribution in [0, 0.1) is 17.0 Å². The van der Waals surface area contributed by atoms with Crippen molar-refractivity contribution < 1.29 is 9.66 Å². The summed E-state index contributed by atoms with van der Waals surface area (Å²) in [6, 6.07) is 8.07. The average molecular weight is 356 g/mol. The lowest BCUT2D eigenvalue weighted by atomic mass is 10.1. The molecular weight excluding hydrogens is 336 g/mol. The Hall–Kier alpha value is -3.07. The number of ether oxygens (including phenoxy) is 1. The molecule has 1 fully saturated rings. The Balaban J connectivity index is 1.74. The quantitative estimate of drug-likeness (QED) is 0.498. The van der Waals surface area contributed by atoms with Gasteiger partial charge in [-0.1, -0.05) is 0 Å². The molecule has 0 atom stereocenters. The number of rotatable bonds is 5. The molecule has 0 unspecified atom stereocenters. The Morgan fingerprint density at radius 3 is 2.62 bits per heavy atom. The van der Waals surface area contributed by atoms with E-state index in [0.717, 1.165) is 24.3 Å². The number of nitro benzene ring substituents is 1. The summed E-state index contributed by atoms with van der Waals surface area (Å²) in [5, 5.41) is 15.1. The molecule has 0 bridgehead atoms. The summed E-state index contributed by atoms with van der Waals surface area (Å²) in [6.45, 7) is 6.58. The van der Waals surface area contributed by atoms with E-state index in [1.165, 1.54) is 12.1 Å². The molecule has 0 saturated carbocycles. The zero-order valence-corrected chi connectivity index (χ0v) is 14.7. The van der Waals surface area contributed by atoms with Crippen LogP contribution in [0.5, 0.6) is 0 Å². The third-order valence-corrected chi connectivity index (χ3v) is 3.97. The van der Waals surface area contributed by atoms with Crippen molar-refractivity contribution in [2.75, 3.05) is 36.6 Å². The smallest absolute Gasteiger partial charge is 0.269 e. The summed E-state index contributed by atoms with van der Waals surface area (Å²) >= 11 is 0. The number of morpholine rings is 1. The van der Waals surface area contributed by atoms with Gasteiger partial charge in [0.15, 0.2) is 5.82 Å². The van der Waals surface area contributed by atoms with Crippen LogP contribution in [0.1, 0.15) is 18.2 Å². The van der Waals surface area contributed by atoms with Crippen molar-refractivity contribution in [2.24, 2.45) is 5.10 Å². The minimum Gasteiger partial charge on any atom is -0.378 e. The van der Waals surface area contributed by atoms with Crippen LogP contribution in [0.4, 0.5) is 17.5 Å². The van der Waals surface area contributed by atoms with Crippen LogP contribution in [0.2, 0.25) is 0 Å². The Morgan fingerprint density at radius 1 is 1.27 bits per heavy atom. The number of non-ortho nitro benzene ring substituents is 1. The summed E-state index contributed by atoms with van der Waals surface area (Å²) in [5.74, 6) is 1.25. The van der Waals surface area contributed by atoms with Gasteiger partial charge in [-0.25, -0.2) is 4.98 Å². The normalized spacial score (nSPS) is 15.0. The predicted molar refractivity (Wildman–Crippen MR) is 98.7 cm³/mol. The first-order valence-electron chi connectivity index (χ1n) is 8.26. The van der Waals surface area contributed by atoms with E-state index in [1.54, 1.807) is 12.1 Å². The van der Waals surface area contributed by atoms with Crippen LogP contribution in [-0.2, 0) is 4.74 Å². The summed E-state index contributed by atoms with van der Waals surface area (Å²) in [7, 11) is 0. The molecule has 0 amide bonds. The Labute approximate surface area is 150 Å². The van der Waals surface area contributed by atoms with Gasteiger partial charge < -0.3 is 9.64 Å². The van der Waals surface area contributed by atoms with Crippen molar-refractivity contribution in [3.63, 3.8) is 0 Å². The van der Waals surface area contributed by atoms with Crippen molar-refractivity contribution in [2.45, 2.75) is 13.8 Å². The third kappa shape index (κ3) is 4.31. The summed E-state index contributed by atoms with van der Waals surface area (Å²) < 4.78 is 5.36. The SMILES string of the molecule is C/C(=N/Nc1cc(C)nc(N2CCOCC2)n1)c1ccc([N+](=O)[O-])cc1. The van der Waals surface area contributed by atoms with Gasteiger partial charge in [-0.15, -0.1) is 0 Å². The highest BCUT2D eigenvalue weighted by atomic mass is 16.6. The molecule has 1 aliphatic heterocycles. The Morgan fingerprint density at radius 2 is 1.96 bits per heavy atom. The van der Waals surface area contributed by atoms with Crippen LogP contribution in [0.25, 0.3) is 0 Å². The number of nitro groups is 1. The fourth-order valence-electron chi connectivity index (χ4n) is 2.54. The second-order valence-corrected chi connectivity index (χ2v) is 5.91. The molecule has 0 aliphatic carbocycles. The summed E-state index contributed by atoms with van der Waals surface area (Å²) in [4.78, 5) is 21.4. The highest BCUT2D eigenvalue weighted by molar-refractivity contribution is 5.99. The largest absolute Gasteiger partial charge is 0.378 e. The zero-order valence-electron chi connectivity index (χ0n) is 14.7. The van der Waals surface area contributed by atoms with E-state index in [9.17, 15) is 10.1 Å². The molecule has 3 rings (SSSR count). The van der Waals surface area contributed by atoms with Crippen LogP contribution >= 0.6 is 0 Å². The molecule has 1 aliphatic rings. The van der Waals surface area contributed by atoms with Gasteiger partial charge in [0.1, 0.15) is 0 Å². The molecule has 9 nitrogen and oxygen atoms in total. The number of aryl methyl sites for hydroxylation is 1. The highest BCUT2D eigenvalue weighted by Gasteiger charge is 2.15. The van der Waals surface area contributed by atoms with Crippen LogP contribution in [0.3, 0.4) is 0 Å². The van der Waals surface area contributed by atoms with E-state index in [0.29, 0.717) is 30.7 Å². The molecule has 0 spiro atoms. The zero-order chi connectivity index (χ0) is 18.5. The topological polar surface area (TPSA) is 106 Å². The number of anilines is 2. The van der Waals surface area contributed by atoms with E-state index >= 15 is 0 Å². The van der Waals surface area contributed by atoms with E-state index < -0.39 is 4.92 Å². The molecular formula is C17H20N6O3. The predicted octanol–water partition coefficient (Wildman–Crippen LogP) is 2.37. The maximum Gasteiger partial charge on any atom is 0.269 e. The number of hydrogen-bond acceptors (Lipinski definition) is 8. The lowest BCUT2D eigenvalue weighted by Crippen LogP contribution is -2.37. The van der Waals surface area contributed by atoms with Gasteiger partial charge in [0.05, 0.1) is 23.8 Å². The van der Waals surface area contributed by atoms with Crippen molar-refractivity contribution in [3.05, 3.63) is 51.7 Å². The fourth-order valence-corrected chi connectivity index (χ4v) is 2.54. The van der Waals surface area contributed by atoms with Crippen molar-refractivity contribution >= 4 is 23.2 Å². The Bertz CT molecular complexity index is 816. The lowest BCUT2D eigenvalue weighted by molar-refractivity contribution is -0.384. The number of nitrogens with zero attached hydrogens (tertiary/aromatic N) is 5. The second-order valence-electron chi connectivity index (χ2n) is 5.91. The molecule has 2 heterocycles. The monoisotopic (exact) mass is 356 g/mol. The first kappa shape index (κ1) is 17.7. The maximum atomic E-state index is 10.7. The number of hydrogen-bond donors (Lipinski definition) is 1. The van der Waals surface area contributed by atoms with Gasteiger partial charge in [-0.3, -0.25) is 15.5 Å². The maximum absolute atomic E-state index is 10.7. The molecule has 0 radical (unpaired) electrons. The van der Waals surface area contributed by atoms with Crippen molar-refractivity contribution in [1.82, 2.24) is 9.97 Å². The third-order valence-electron chi connectivity index (χ3n) is 3.97. The van der Waals surface area contributed by atoms with Gasteiger partial charge in [0.25, 0.3) is 5.69 Å². The second kappa shape index (κ2) is 7.87. The van der Waals surface area contributed by atoms with Gasteiger partial charge in [0.2, 0.25) is 5.95 Å².